The number of rotatable bonds is 8. The third-order valence-electron chi connectivity index (χ3n) is 5.98. The van der Waals surface area contributed by atoms with Gasteiger partial charge in [-0.1, -0.05) is 36.7 Å². The van der Waals surface area contributed by atoms with E-state index in [9.17, 15) is 14.4 Å². The highest BCUT2D eigenvalue weighted by Crippen LogP contribution is 2.38. The second-order valence-electron chi connectivity index (χ2n) is 8.43. The molecule has 1 aliphatic carbocycles. The molecule has 8 heteroatoms. The molecule has 1 N–H and O–H groups in total. The van der Waals surface area contributed by atoms with Crippen molar-refractivity contribution in [2.45, 2.75) is 57.2 Å². The van der Waals surface area contributed by atoms with Crippen molar-refractivity contribution in [1.29, 1.82) is 0 Å². The Hall–Kier alpha value is -3.13. The highest BCUT2D eigenvalue weighted by Gasteiger charge is 2.43. The molecule has 2 aromatic carbocycles. The van der Waals surface area contributed by atoms with Crippen molar-refractivity contribution < 1.29 is 19.1 Å². The van der Waals surface area contributed by atoms with E-state index in [0.717, 1.165) is 25.7 Å². The number of Topliss-reactive ketones (excluding diaryl/α,β-unsaturated/α-hetero) is 1. The van der Waals surface area contributed by atoms with Gasteiger partial charge in [0.15, 0.2) is 11.0 Å². The fourth-order valence-corrected chi connectivity index (χ4v) is 5.50. The fourth-order valence-electron chi connectivity index (χ4n) is 4.29. The zero-order valence-electron chi connectivity index (χ0n) is 19.5. The largest absolute Gasteiger partial charge is 0.492 e. The molecule has 2 fully saturated rings. The number of ether oxygens (including phenoxy) is 1. The fraction of sp³-hybridized carbons (Fsp3) is 0.385. The van der Waals surface area contributed by atoms with Crippen molar-refractivity contribution >= 4 is 45.9 Å². The van der Waals surface area contributed by atoms with E-state index in [4.69, 9.17) is 9.73 Å². The van der Waals surface area contributed by atoms with Crippen molar-refractivity contribution in [1.82, 2.24) is 4.90 Å². The summed E-state index contributed by atoms with van der Waals surface area (Å²) in [6.45, 7) is 3.94. The van der Waals surface area contributed by atoms with Gasteiger partial charge in [0.2, 0.25) is 11.8 Å². The van der Waals surface area contributed by atoms with Gasteiger partial charge in [-0.25, -0.2) is 4.99 Å². The molecular weight excluding hydrogens is 450 g/mol. The van der Waals surface area contributed by atoms with Crippen molar-refractivity contribution in [3.8, 4) is 5.75 Å². The predicted molar refractivity (Wildman–Crippen MR) is 135 cm³/mol. The van der Waals surface area contributed by atoms with Gasteiger partial charge in [-0.3, -0.25) is 19.3 Å². The first-order chi connectivity index (χ1) is 16.5. The number of amides is 2. The summed E-state index contributed by atoms with van der Waals surface area (Å²) in [7, 11) is 0. The molecule has 2 amide bonds. The SMILES string of the molecule is CCOc1ccccc1N=C1SC(CC(=O)Nc2ccc(C(C)=O)cc2)C(=O)N1C1CCCC1. The van der Waals surface area contributed by atoms with Gasteiger partial charge in [0.05, 0.1) is 6.61 Å². The maximum atomic E-state index is 13.4. The summed E-state index contributed by atoms with van der Waals surface area (Å²) in [6.07, 6.45) is 4.11. The van der Waals surface area contributed by atoms with E-state index in [1.54, 1.807) is 29.2 Å². The average Bonchev–Trinajstić information content (AvgIpc) is 3.44. The highest BCUT2D eigenvalue weighted by atomic mass is 32.2. The van der Waals surface area contributed by atoms with Crippen LogP contribution in [0.1, 0.15) is 56.3 Å². The molecule has 0 bridgehead atoms. The van der Waals surface area contributed by atoms with Crippen LogP contribution in [0.25, 0.3) is 0 Å². The molecule has 0 spiro atoms. The number of para-hydroxylation sites is 2. The molecule has 1 atom stereocenters. The summed E-state index contributed by atoms with van der Waals surface area (Å²) in [5, 5.41) is 2.94. The van der Waals surface area contributed by atoms with Gasteiger partial charge in [-0.05, 0) is 63.1 Å². The van der Waals surface area contributed by atoms with E-state index >= 15 is 0 Å². The van der Waals surface area contributed by atoms with E-state index in [2.05, 4.69) is 5.32 Å². The molecule has 2 aromatic rings. The van der Waals surface area contributed by atoms with Crippen LogP contribution in [0.15, 0.2) is 53.5 Å². The average molecular weight is 480 g/mol. The van der Waals surface area contributed by atoms with Crippen molar-refractivity contribution in [3.63, 3.8) is 0 Å². The molecule has 4 rings (SSSR count). The van der Waals surface area contributed by atoms with Gasteiger partial charge in [0.1, 0.15) is 16.7 Å². The number of anilines is 1. The number of nitrogens with one attached hydrogen (secondary N) is 1. The number of hydrogen-bond donors (Lipinski definition) is 1. The number of hydrogen-bond acceptors (Lipinski definition) is 6. The van der Waals surface area contributed by atoms with E-state index in [-0.39, 0.29) is 30.1 Å². The third kappa shape index (κ3) is 5.50. The molecule has 7 nitrogen and oxygen atoms in total. The summed E-state index contributed by atoms with van der Waals surface area (Å²) in [4.78, 5) is 44.2. The molecule has 1 unspecified atom stereocenters. The number of ketones is 1. The van der Waals surface area contributed by atoms with Crippen LogP contribution in [0.4, 0.5) is 11.4 Å². The Labute approximate surface area is 204 Å². The molecule has 0 aromatic heterocycles. The number of thioether (sulfide) groups is 1. The second kappa shape index (κ2) is 10.9. The quantitative estimate of drug-likeness (QED) is 0.527. The lowest BCUT2D eigenvalue weighted by Gasteiger charge is -2.23. The standard InChI is InChI=1S/C26H29N3O4S/c1-3-33-22-11-7-6-10-21(22)28-26-29(20-8-4-5-9-20)25(32)23(34-26)16-24(31)27-19-14-12-18(13-15-19)17(2)30/h6-7,10-15,20,23H,3-5,8-9,16H2,1-2H3,(H,27,31). The minimum Gasteiger partial charge on any atom is -0.492 e. The first-order valence-corrected chi connectivity index (χ1v) is 12.6. The van der Waals surface area contributed by atoms with Crippen LogP contribution < -0.4 is 10.1 Å². The Balaban J connectivity index is 1.52. The van der Waals surface area contributed by atoms with Gasteiger partial charge < -0.3 is 10.1 Å². The lowest BCUT2D eigenvalue weighted by atomic mass is 10.1. The monoisotopic (exact) mass is 479 g/mol. The molecule has 1 heterocycles. The number of carbonyl (C=O) groups excluding carboxylic acids is 3. The molecule has 2 aliphatic rings. The van der Waals surface area contributed by atoms with Crippen LogP contribution in [-0.4, -0.2) is 45.6 Å². The van der Waals surface area contributed by atoms with Gasteiger partial charge in [0, 0.05) is 23.7 Å². The van der Waals surface area contributed by atoms with Gasteiger partial charge in [0.25, 0.3) is 0 Å². The maximum absolute atomic E-state index is 13.4. The van der Waals surface area contributed by atoms with Crippen molar-refractivity contribution in [2.24, 2.45) is 4.99 Å². The molecule has 1 saturated heterocycles. The van der Waals surface area contributed by atoms with Gasteiger partial charge >= 0.3 is 0 Å². The Morgan fingerprint density at radius 1 is 1.12 bits per heavy atom. The van der Waals surface area contributed by atoms with Gasteiger partial charge in [-0.15, -0.1) is 0 Å². The summed E-state index contributed by atoms with van der Waals surface area (Å²) in [5.41, 5.74) is 1.86. The minimum absolute atomic E-state index is 0.0319. The maximum Gasteiger partial charge on any atom is 0.242 e. The summed E-state index contributed by atoms with van der Waals surface area (Å²) < 4.78 is 5.71. The molecule has 178 valence electrons. The first kappa shape index (κ1) is 24.0. The Kier molecular flexibility index (Phi) is 7.67. The van der Waals surface area contributed by atoms with Crippen molar-refractivity contribution in [2.75, 3.05) is 11.9 Å². The third-order valence-corrected chi connectivity index (χ3v) is 7.14. The Bertz CT molecular complexity index is 1090. The molecule has 1 saturated carbocycles. The zero-order chi connectivity index (χ0) is 24.1. The zero-order valence-corrected chi connectivity index (χ0v) is 20.3. The van der Waals surface area contributed by atoms with Crippen LogP contribution in [-0.2, 0) is 9.59 Å². The number of nitrogens with zero attached hydrogens (tertiary/aromatic N) is 2. The van der Waals surface area contributed by atoms with E-state index in [1.807, 2.05) is 31.2 Å². The second-order valence-corrected chi connectivity index (χ2v) is 9.60. The predicted octanol–water partition coefficient (Wildman–Crippen LogP) is 5.19. The molecule has 1 aliphatic heterocycles. The Morgan fingerprint density at radius 3 is 2.50 bits per heavy atom. The van der Waals surface area contributed by atoms with Crippen LogP contribution in [0.5, 0.6) is 5.75 Å². The number of carbonyl (C=O) groups is 3. The van der Waals surface area contributed by atoms with Crippen molar-refractivity contribution in [3.05, 3.63) is 54.1 Å². The van der Waals surface area contributed by atoms with E-state index in [1.165, 1.54) is 18.7 Å². The van der Waals surface area contributed by atoms with Gasteiger partial charge in [-0.2, -0.15) is 0 Å². The van der Waals surface area contributed by atoms with Crippen LogP contribution in [0, 0.1) is 0 Å². The van der Waals surface area contributed by atoms with E-state index < -0.39 is 5.25 Å². The Morgan fingerprint density at radius 2 is 1.82 bits per heavy atom. The van der Waals surface area contributed by atoms with Crippen LogP contribution in [0.2, 0.25) is 0 Å². The lowest BCUT2D eigenvalue weighted by molar-refractivity contribution is -0.129. The minimum atomic E-state index is -0.532. The summed E-state index contributed by atoms with van der Waals surface area (Å²) >= 11 is 1.35. The summed E-state index contributed by atoms with van der Waals surface area (Å²) in [5.74, 6) is 0.332. The smallest absolute Gasteiger partial charge is 0.242 e. The van der Waals surface area contributed by atoms with E-state index in [0.29, 0.717) is 34.5 Å². The molecular formula is C26H29N3O4S. The molecule has 0 radical (unpaired) electrons. The highest BCUT2D eigenvalue weighted by molar-refractivity contribution is 8.15. The number of benzene rings is 2. The number of aliphatic imine (C=N–C) groups is 1. The molecule has 34 heavy (non-hydrogen) atoms. The topological polar surface area (TPSA) is 88.1 Å². The van der Waals surface area contributed by atoms with Crippen LogP contribution >= 0.6 is 11.8 Å². The van der Waals surface area contributed by atoms with Crippen LogP contribution in [0.3, 0.4) is 0 Å². The number of amidine groups is 1. The normalized spacial score (nSPS) is 19.6. The summed E-state index contributed by atoms with van der Waals surface area (Å²) in [6, 6.07) is 14.4. The lowest BCUT2D eigenvalue weighted by Crippen LogP contribution is -2.40. The first-order valence-electron chi connectivity index (χ1n) is 11.7.